The van der Waals surface area contributed by atoms with Crippen LogP contribution in [0.1, 0.15) is 26.4 Å². The van der Waals surface area contributed by atoms with E-state index in [1.165, 1.54) is 22.5 Å². The lowest BCUT2D eigenvalue weighted by Gasteiger charge is -2.32. The first kappa shape index (κ1) is 17.1. The summed E-state index contributed by atoms with van der Waals surface area (Å²) < 4.78 is 0. The number of piperazine rings is 1. The zero-order valence-corrected chi connectivity index (χ0v) is 15.2. The van der Waals surface area contributed by atoms with Gasteiger partial charge in [-0.3, -0.25) is 9.69 Å². The molecule has 5 heteroatoms. The summed E-state index contributed by atoms with van der Waals surface area (Å²) in [6.45, 7) is 7.97. The third kappa shape index (κ3) is 4.23. The minimum Gasteiger partial charge on any atom is -0.347 e. The Morgan fingerprint density at radius 2 is 1.83 bits per heavy atom. The number of hydrogen-bond donors (Lipinski definition) is 1. The third-order valence-electron chi connectivity index (χ3n) is 4.62. The maximum atomic E-state index is 12.3. The molecule has 1 aromatic heterocycles. The van der Waals surface area contributed by atoms with E-state index in [4.69, 9.17) is 0 Å². The second-order valence-electron chi connectivity index (χ2n) is 6.46. The number of carbonyl (C=O) groups excluding carboxylic acids is 1. The number of amides is 1. The van der Waals surface area contributed by atoms with Gasteiger partial charge in [0, 0.05) is 39.3 Å². The summed E-state index contributed by atoms with van der Waals surface area (Å²) in [5, 5.41) is 5.04. The Labute approximate surface area is 148 Å². The van der Waals surface area contributed by atoms with Crippen LogP contribution in [0.5, 0.6) is 0 Å². The van der Waals surface area contributed by atoms with Crippen molar-refractivity contribution in [3.8, 4) is 0 Å². The van der Waals surface area contributed by atoms with Crippen molar-refractivity contribution >= 4 is 17.2 Å². The predicted molar refractivity (Wildman–Crippen MR) is 99.4 cm³/mol. The van der Waals surface area contributed by atoms with Gasteiger partial charge in [0.05, 0.1) is 4.88 Å². The van der Waals surface area contributed by atoms with E-state index in [-0.39, 0.29) is 5.91 Å². The van der Waals surface area contributed by atoms with Gasteiger partial charge in [-0.05, 0) is 42.1 Å². The number of likely N-dealkylation sites (N-methyl/N-ethyl adjacent to an activating group) is 1. The summed E-state index contributed by atoms with van der Waals surface area (Å²) in [5.41, 5.74) is 3.56. The van der Waals surface area contributed by atoms with Crippen molar-refractivity contribution in [2.24, 2.45) is 0 Å². The van der Waals surface area contributed by atoms with Gasteiger partial charge < -0.3 is 10.2 Å². The fraction of sp³-hybridized carbons (Fsp3) is 0.421. The molecular formula is C19H25N3OS. The van der Waals surface area contributed by atoms with Gasteiger partial charge in [0.2, 0.25) is 0 Å². The molecule has 0 atom stereocenters. The van der Waals surface area contributed by atoms with E-state index in [2.05, 4.69) is 40.4 Å². The summed E-state index contributed by atoms with van der Waals surface area (Å²) in [5.74, 6) is 0.0249. The summed E-state index contributed by atoms with van der Waals surface area (Å²) >= 11 is 1.50. The molecule has 24 heavy (non-hydrogen) atoms. The summed E-state index contributed by atoms with van der Waals surface area (Å²) in [7, 11) is 2.17. The fourth-order valence-corrected chi connectivity index (χ4v) is 3.83. The van der Waals surface area contributed by atoms with Crippen LogP contribution in [0.4, 0.5) is 0 Å². The van der Waals surface area contributed by atoms with Gasteiger partial charge in [0.1, 0.15) is 0 Å². The number of rotatable bonds is 5. The van der Waals surface area contributed by atoms with Gasteiger partial charge in [0.25, 0.3) is 5.91 Å². The SMILES string of the molecule is Cc1ccsc1C(=O)NCc1ccccc1CN1CCN(C)CC1. The zero-order valence-electron chi connectivity index (χ0n) is 14.4. The highest BCUT2D eigenvalue weighted by Gasteiger charge is 2.16. The summed E-state index contributed by atoms with van der Waals surface area (Å²) in [6, 6.07) is 10.4. The maximum Gasteiger partial charge on any atom is 0.261 e. The number of aryl methyl sites for hydroxylation is 1. The lowest BCUT2D eigenvalue weighted by Crippen LogP contribution is -2.44. The molecule has 1 saturated heterocycles. The van der Waals surface area contributed by atoms with E-state index >= 15 is 0 Å². The van der Waals surface area contributed by atoms with Crippen molar-refractivity contribution in [3.63, 3.8) is 0 Å². The van der Waals surface area contributed by atoms with Crippen LogP contribution in [0.2, 0.25) is 0 Å². The van der Waals surface area contributed by atoms with E-state index in [9.17, 15) is 4.79 Å². The van der Waals surface area contributed by atoms with Gasteiger partial charge in [0.15, 0.2) is 0 Å². The lowest BCUT2D eigenvalue weighted by molar-refractivity contribution is 0.0954. The van der Waals surface area contributed by atoms with Crippen molar-refractivity contribution in [1.29, 1.82) is 0 Å². The van der Waals surface area contributed by atoms with Crippen LogP contribution in [0.25, 0.3) is 0 Å². The largest absolute Gasteiger partial charge is 0.347 e. The number of nitrogens with zero attached hydrogens (tertiary/aromatic N) is 2. The van der Waals surface area contributed by atoms with Crippen LogP contribution in [0, 0.1) is 6.92 Å². The average Bonchev–Trinajstić information content (AvgIpc) is 3.02. The molecule has 3 rings (SSSR count). The second-order valence-corrected chi connectivity index (χ2v) is 7.38. The smallest absolute Gasteiger partial charge is 0.261 e. The Bertz CT molecular complexity index is 689. The molecule has 1 aliphatic rings. The first-order valence-electron chi connectivity index (χ1n) is 8.43. The molecule has 1 fully saturated rings. The van der Waals surface area contributed by atoms with Crippen molar-refractivity contribution in [1.82, 2.24) is 15.1 Å². The van der Waals surface area contributed by atoms with Crippen LogP contribution < -0.4 is 5.32 Å². The molecule has 0 bridgehead atoms. The van der Waals surface area contributed by atoms with Crippen LogP contribution in [0.3, 0.4) is 0 Å². The van der Waals surface area contributed by atoms with Gasteiger partial charge in [-0.1, -0.05) is 24.3 Å². The molecule has 1 N–H and O–H groups in total. The number of benzene rings is 1. The summed E-state index contributed by atoms with van der Waals surface area (Å²) in [6.07, 6.45) is 0. The van der Waals surface area contributed by atoms with E-state index in [0.29, 0.717) is 6.54 Å². The highest BCUT2D eigenvalue weighted by molar-refractivity contribution is 7.12. The molecule has 1 aromatic carbocycles. The Balaban J connectivity index is 1.62. The van der Waals surface area contributed by atoms with Gasteiger partial charge in [-0.2, -0.15) is 0 Å². The number of hydrogen-bond acceptors (Lipinski definition) is 4. The first-order valence-corrected chi connectivity index (χ1v) is 9.31. The van der Waals surface area contributed by atoms with Crippen molar-refractivity contribution in [2.45, 2.75) is 20.0 Å². The van der Waals surface area contributed by atoms with E-state index in [1.807, 2.05) is 24.4 Å². The van der Waals surface area contributed by atoms with E-state index in [1.54, 1.807) is 0 Å². The standard InChI is InChI=1S/C19H25N3OS/c1-15-7-12-24-18(15)19(23)20-13-16-5-3-4-6-17(16)14-22-10-8-21(2)9-11-22/h3-7,12H,8-11,13-14H2,1-2H3,(H,20,23). The van der Waals surface area contributed by atoms with Crippen LogP contribution in [-0.2, 0) is 13.1 Å². The lowest BCUT2D eigenvalue weighted by atomic mass is 10.1. The Kier molecular flexibility index (Phi) is 5.66. The minimum atomic E-state index is 0.0249. The molecule has 1 amide bonds. The predicted octanol–water partition coefficient (Wildman–Crippen LogP) is 2.73. The highest BCUT2D eigenvalue weighted by Crippen LogP contribution is 2.17. The average molecular weight is 343 g/mol. The molecule has 4 nitrogen and oxygen atoms in total. The zero-order chi connectivity index (χ0) is 16.9. The maximum absolute atomic E-state index is 12.3. The van der Waals surface area contributed by atoms with Crippen LogP contribution in [0.15, 0.2) is 35.7 Å². The molecule has 128 valence electrons. The number of thiophene rings is 1. The quantitative estimate of drug-likeness (QED) is 0.907. The summed E-state index contributed by atoms with van der Waals surface area (Å²) in [4.78, 5) is 18.0. The Morgan fingerprint density at radius 1 is 1.12 bits per heavy atom. The van der Waals surface area contributed by atoms with Crippen molar-refractivity contribution in [2.75, 3.05) is 33.2 Å². The number of nitrogens with one attached hydrogen (secondary N) is 1. The highest BCUT2D eigenvalue weighted by atomic mass is 32.1. The fourth-order valence-electron chi connectivity index (χ4n) is 2.99. The first-order chi connectivity index (χ1) is 11.6. The molecule has 0 aliphatic carbocycles. The molecule has 0 saturated carbocycles. The minimum absolute atomic E-state index is 0.0249. The molecule has 0 unspecified atom stereocenters. The second kappa shape index (κ2) is 7.92. The van der Waals surface area contributed by atoms with E-state index < -0.39 is 0 Å². The molecular weight excluding hydrogens is 318 g/mol. The monoisotopic (exact) mass is 343 g/mol. The number of carbonyl (C=O) groups is 1. The van der Waals surface area contributed by atoms with Gasteiger partial charge in [-0.15, -0.1) is 11.3 Å². The topological polar surface area (TPSA) is 35.6 Å². The molecule has 1 aliphatic heterocycles. The van der Waals surface area contributed by atoms with E-state index in [0.717, 1.165) is 43.2 Å². The van der Waals surface area contributed by atoms with Crippen molar-refractivity contribution < 1.29 is 4.79 Å². The van der Waals surface area contributed by atoms with Gasteiger partial charge in [-0.25, -0.2) is 0 Å². The van der Waals surface area contributed by atoms with Crippen LogP contribution in [-0.4, -0.2) is 48.9 Å². The Morgan fingerprint density at radius 3 is 2.50 bits per heavy atom. The van der Waals surface area contributed by atoms with Crippen molar-refractivity contribution in [3.05, 3.63) is 57.3 Å². The Hall–Kier alpha value is -1.69. The molecule has 0 radical (unpaired) electrons. The molecule has 0 spiro atoms. The van der Waals surface area contributed by atoms with Gasteiger partial charge >= 0.3 is 0 Å². The van der Waals surface area contributed by atoms with Crippen LogP contribution >= 0.6 is 11.3 Å². The third-order valence-corrected chi connectivity index (χ3v) is 5.63. The molecule has 2 heterocycles. The molecule has 2 aromatic rings. The normalized spacial score (nSPS) is 16.2.